The fourth-order valence-corrected chi connectivity index (χ4v) is 3.50. The van der Waals surface area contributed by atoms with Crippen LogP contribution >= 0.6 is 23.1 Å². The first-order valence-electron chi connectivity index (χ1n) is 7.60. The summed E-state index contributed by atoms with van der Waals surface area (Å²) in [5, 5.41) is 24.4. The number of hydrogen-bond donors (Lipinski definition) is 1. The van der Waals surface area contributed by atoms with Gasteiger partial charge in [-0.15, -0.1) is 16.4 Å². The third-order valence-electron chi connectivity index (χ3n) is 3.30. The Hall–Kier alpha value is -1.94. The van der Waals surface area contributed by atoms with Gasteiger partial charge in [-0.1, -0.05) is 17.8 Å². The number of rotatable bonds is 9. The lowest BCUT2D eigenvalue weighted by Crippen LogP contribution is -2.18. The Morgan fingerprint density at radius 1 is 1.28 bits per heavy atom. The molecule has 1 N–H and O–H groups in total. The Bertz CT molecular complexity index is 762. The van der Waals surface area contributed by atoms with Crippen LogP contribution in [0.4, 0.5) is 0 Å². The van der Waals surface area contributed by atoms with Crippen LogP contribution in [0.2, 0.25) is 0 Å². The fraction of sp³-hybridized carbons (Fsp3) is 0.312. The zero-order valence-corrected chi connectivity index (χ0v) is 15.2. The van der Waals surface area contributed by atoms with E-state index in [1.54, 1.807) is 23.1 Å². The van der Waals surface area contributed by atoms with Crippen molar-refractivity contribution in [3.05, 3.63) is 46.7 Å². The SMILES string of the molecule is COc1ccc(-n2nnnc2SC[C@@H](O)COCc2cccs2)cc1. The first-order chi connectivity index (χ1) is 12.3. The van der Waals surface area contributed by atoms with Crippen molar-refractivity contribution in [3.8, 4) is 11.4 Å². The highest BCUT2D eigenvalue weighted by molar-refractivity contribution is 7.99. The van der Waals surface area contributed by atoms with Gasteiger partial charge in [0.15, 0.2) is 0 Å². The number of aliphatic hydroxyl groups excluding tert-OH is 1. The smallest absolute Gasteiger partial charge is 0.214 e. The summed E-state index contributed by atoms with van der Waals surface area (Å²) in [6.07, 6.45) is -0.592. The van der Waals surface area contributed by atoms with Gasteiger partial charge in [0.2, 0.25) is 5.16 Å². The molecule has 0 saturated carbocycles. The summed E-state index contributed by atoms with van der Waals surface area (Å²) in [7, 11) is 1.62. The van der Waals surface area contributed by atoms with Gasteiger partial charge in [-0.05, 0) is 46.1 Å². The van der Waals surface area contributed by atoms with Gasteiger partial charge in [0.1, 0.15) is 5.75 Å². The highest BCUT2D eigenvalue weighted by Crippen LogP contribution is 2.21. The van der Waals surface area contributed by atoms with Crippen molar-refractivity contribution in [1.82, 2.24) is 20.2 Å². The third-order valence-corrected chi connectivity index (χ3v) is 5.21. The van der Waals surface area contributed by atoms with Gasteiger partial charge in [0.25, 0.3) is 0 Å². The van der Waals surface area contributed by atoms with Crippen LogP contribution in [-0.2, 0) is 11.3 Å². The third kappa shape index (κ3) is 5.02. The first-order valence-corrected chi connectivity index (χ1v) is 9.46. The second kappa shape index (κ2) is 8.95. The van der Waals surface area contributed by atoms with Crippen LogP contribution in [0.1, 0.15) is 4.88 Å². The van der Waals surface area contributed by atoms with Crippen LogP contribution in [0.3, 0.4) is 0 Å². The zero-order chi connectivity index (χ0) is 17.5. The second-order valence-corrected chi connectivity index (χ2v) is 7.15. The van der Waals surface area contributed by atoms with E-state index in [0.717, 1.165) is 16.3 Å². The van der Waals surface area contributed by atoms with Crippen LogP contribution in [-0.4, -0.2) is 50.9 Å². The maximum Gasteiger partial charge on any atom is 0.214 e. The topological polar surface area (TPSA) is 82.3 Å². The number of aromatic nitrogens is 4. The van der Waals surface area contributed by atoms with E-state index in [0.29, 0.717) is 17.5 Å². The molecular weight excluding hydrogens is 360 g/mol. The molecule has 0 aliphatic carbocycles. The number of methoxy groups -OCH3 is 1. The number of benzene rings is 1. The van der Waals surface area contributed by atoms with E-state index < -0.39 is 6.10 Å². The maximum absolute atomic E-state index is 10.1. The molecule has 2 aromatic heterocycles. The monoisotopic (exact) mass is 378 g/mol. The van der Waals surface area contributed by atoms with Crippen LogP contribution in [0.15, 0.2) is 46.9 Å². The average Bonchev–Trinajstić information content (AvgIpc) is 3.32. The fourth-order valence-electron chi connectivity index (χ4n) is 2.06. The van der Waals surface area contributed by atoms with E-state index in [9.17, 15) is 5.11 Å². The minimum absolute atomic E-state index is 0.273. The van der Waals surface area contributed by atoms with Gasteiger partial charge >= 0.3 is 0 Å². The van der Waals surface area contributed by atoms with E-state index in [-0.39, 0.29) is 6.61 Å². The largest absolute Gasteiger partial charge is 0.497 e. The first kappa shape index (κ1) is 17.9. The Morgan fingerprint density at radius 3 is 2.84 bits per heavy atom. The lowest BCUT2D eigenvalue weighted by atomic mass is 10.3. The summed E-state index contributed by atoms with van der Waals surface area (Å²) in [4.78, 5) is 1.14. The molecule has 0 unspecified atom stereocenters. The van der Waals surface area contributed by atoms with E-state index in [2.05, 4.69) is 15.5 Å². The lowest BCUT2D eigenvalue weighted by Gasteiger charge is -2.10. The summed E-state index contributed by atoms with van der Waals surface area (Å²) < 4.78 is 12.3. The molecule has 1 atom stereocenters. The number of hydrogen-bond acceptors (Lipinski definition) is 8. The zero-order valence-electron chi connectivity index (χ0n) is 13.6. The normalized spacial score (nSPS) is 12.2. The van der Waals surface area contributed by atoms with E-state index in [1.165, 1.54) is 11.8 Å². The van der Waals surface area contributed by atoms with Crippen molar-refractivity contribution in [2.45, 2.75) is 17.9 Å². The summed E-state index contributed by atoms with van der Waals surface area (Å²) in [6.45, 7) is 0.790. The molecule has 3 rings (SSSR count). The number of nitrogens with zero attached hydrogens (tertiary/aromatic N) is 4. The molecule has 0 radical (unpaired) electrons. The molecule has 0 bridgehead atoms. The number of thiophene rings is 1. The second-order valence-electron chi connectivity index (χ2n) is 5.13. The Balaban J connectivity index is 1.50. The summed E-state index contributed by atoms with van der Waals surface area (Å²) in [6, 6.07) is 11.4. The molecule has 0 saturated heterocycles. The van der Waals surface area contributed by atoms with Crippen molar-refractivity contribution >= 4 is 23.1 Å². The van der Waals surface area contributed by atoms with Crippen molar-refractivity contribution in [2.75, 3.05) is 19.5 Å². The minimum Gasteiger partial charge on any atom is -0.497 e. The van der Waals surface area contributed by atoms with Gasteiger partial charge in [-0.25, -0.2) is 0 Å². The van der Waals surface area contributed by atoms with Gasteiger partial charge in [0.05, 0.1) is 32.1 Å². The number of aliphatic hydroxyl groups is 1. The molecule has 7 nitrogen and oxygen atoms in total. The number of thioether (sulfide) groups is 1. The van der Waals surface area contributed by atoms with Gasteiger partial charge in [-0.2, -0.15) is 4.68 Å². The van der Waals surface area contributed by atoms with Crippen molar-refractivity contribution < 1.29 is 14.6 Å². The van der Waals surface area contributed by atoms with E-state index in [1.807, 2.05) is 41.8 Å². The summed E-state index contributed by atoms with van der Waals surface area (Å²) in [5.74, 6) is 1.21. The lowest BCUT2D eigenvalue weighted by molar-refractivity contribution is 0.0409. The predicted molar refractivity (Wildman–Crippen MR) is 96.4 cm³/mol. The summed E-state index contributed by atoms with van der Waals surface area (Å²) in [5.41, 5.74) is 0.830. The molecule has 1 aromatic carbocycles. The highest BCUT2D eigenvalue weighted by Gasteiger charge is 2.12. The molecule has 2 heterocycles. The van der Waals surface area contributed by atoms with Crippen LogP contribution < -0.4 is 4.74 Å². The Labute approximate surface area is 153 Å². The quantitative estimate of drug-likeness (QED) is 0.573. The molecule has 132 valence electrons. The molecule has 0 aliphatic rings. The Kier molecular flexibility index (Phi) is 6.40. The molecule has 0 fully saturated rings. The Morgan fingerprint density at radius 2 is 2.12 bits per heavy atom. The highest BCUT2D eigenvalue weighted by atomic mass is 32.2. The predicted octanol–water partition coefficient (Wildman–Crippen LogP) is 2.40. The van der Waals surface area contributed by atoms with Crippen molar-refractivity contribution in [2.24, 2.45) is 0 Å². The number of ether oxygens (including phenoxy) is 2. The van der Waals surface area contributed by atoms with Crippen molar-refractivity contribution in [1.29, 1.82) is 0 Å². The minimum atomic E-state index is -0.592. The maximum atomic E-state index is 10.1. The molecular formula is C16H18N4O3S2. The van der Waals surface area contributed by atoms with Gasteiger partial charge < -0.3 is 14.6 Å². The molecule has 0 amide bonds. The standard InChI is InChI=1S/C16H18N4O3S2/c1-22-14-6-4-12(5-7-14)20-16(17-18-19-20)25-11-13(21)9-23-10-15-3-2-8-24-15/h2-8,13,21H,9-11H2,1H3/t13-/m0/s1. The average molecular weight is 378 g/mol. The van der Waals surface area contributed by atoms with E-state index >= 15 is 0 Å². The molecule has 0 aliphatic heterocycles. The molecule has 0 spiro atoms. The van der Waals surface area contributed by atoms with Crippen molar-refractivity contribution in [3.63, 3.8) is 0 Å². The summed E-state index contributed by atoms with van der Waals surface area (Å²) >= 11 is 3.02. The van der Waals surface area contributed by atoms with Crippen LogP contribution in [0.25, 0.3) is 5.69 Å². The van der Waals surface area contributed by atoms with Crippen LogP contribution in [0, 0.1) is 0 Å². The van der Waals surface area contributed by atoms with Gasteiger partial charge in [-0.3, -0.25) is 0 Å². The molecule has 25 heavy (non-hydrogen) atoms. The number of tetrazole rings is 1. The van der Waals surface area contributed by atoms with Crippen LogP contribution in [0.5, 0.6) is 5.75 Å². The molecule has 9 heteroatoms. The van der Waals surface area contributed by atoms with E-state index in [4.69, 9.17) is 9.47 Å². The molecule has 3 aromatic rings. The van der Waals surface area contributed by atoms with Gasteiger partial charge in [0, 0.05) is 10.6 Å².